The van der Waals surface area contributed by atoms with E-state index in [1.54, 1.807) is 21.3 Å². The highest BCUT2D eigenvalue weighted by molar-refractivity contribution is 5.83. The first-order valence-electron chi connectivity index (χ1n) is 7.35. The number of hydrogen-bond donors (Lipinski definition) is 0. The van der Waals surface area contributed by atoms with Gasteiger partial charge in [-0.3, -0.25) is 0 Å². The average molecular weight is 296 g/mol. The molecule has 1 heterocycles. The Labute approximate surface area is 125 Å². The van der Waals surface area contributed by atoms with Crippen molar-refractivity contribution in [3.05, 3.63) is 24.0 Å². The summed E-state index contributed by atoms with van der Waals surface area (Å²) in [6.07, 6.45) is 9.13. The molecule has 0 aromatic carbocycles. The summed E-state index contributed by atoms with van der Waals surface area (Å²) >= 11 is 0. The van der Waals surface area contributed by atoms with E-state index in [0.717, 1.165) is 19.3 Å². The van der Waals surface area contributed by atoms with E-state index in [-0.39, 0.29) is 24.3 Å². The number of carbonyl (C=O) groups is 1. The van der Waals surface area contributed by atoms with Crippen LogP contribution in [0.1, 0.15) is 25.7 Å². The molecule has 0 aromatic heterocycles. The van der Waals surface area contributed by atoms with E-state index in [1.165, 1.54) is 6.08 Å². The molecule has 0 radical (unpaired) electrons. The van der Waals surface area contributed by atoms with Gasteiger partial charge in [-0.2, -0.15) is 0 Å². The Kier molecular flexibility index (Phi) is 5.82. The van der Waals surface area contributed by atoms with E-state index in [1.807, 2.05) is 6.08 Å². The van der Waals surface area contributed by atoms with Crippen molar-refractivity contribution in [1.29, 1.82) is 0 Å². The predicted molar refractivity (Wildman–Crippen MR) is 77.7 cm³/mol. The van der Waals surface area contributed by atoms with E-state index < -0.39 is 0 Å². The summed E-state index contributed by atoms with van der Waals surface area (Å²) in [4.78, 5) is 11.4. The van der Waals surface area contributed by atoms with Gasteiger partial charge >= 0.3 is 5.97 Å². The topological polar surface area (TPSA) is 54.0 Å². The number of cyclic esters (lactones) is 1. The van der Waals surface area contributed by atoms with Crippen molar-refractivity contribution < 1.29 is 23.7 Å². The van der Waals surface area contributed by atoms with Gasteiger partial charge in [0.1, 0.15) is 11.9 Å². The summed E-state index contributed by atoms with van der Waals surface area (Å²) in [6.45, 7) is 0. The number of carbonyl (C=O) groups excluding carboxylic acids is 1. The van der Waals surface area contributed by atoms with Crippen LogP contribution in [0.3, 0.4) is 0 Å². The molecule has 0 aromatic rings. The summed E-state index contributed by atoms with van der Waals surface area (Å²) < 4.78 is 21.3. The molecule has 2 aliphatic rings. The van der Waals surface area contributed by atoms with E-state index in [9.17, 15) is 4.79 Å². The molecule has 0 N–H and O–H groups in total. The molecular formula is C16H24O5. The highest BCUT2D eigenvalue weighted by Crippen LogP contribution is 2.29. The predicted octanol–water partition coefficient (Wildman–Crippen LogP) is 2.22. The second kappa shape index (κ2) is 7.61. The van der Waals surface area contributed by atoms with Crippen molar-refractivity contribution in [3.8, 4) is 0 Å². The monoisotopic (exact) mass is 296 g/mol. The molecule has 5 nitrogen and oxygen atoms in total. The van der Waals surface area contributed by atoms with Crippen molar-refractivity contribution in [2.75, 3.05) is 21.3 Å². The van der Waals surface area contributed by atoms with Gasteiger partial charge in [-0.25, -0.2) is 4.79 Å². The molecule has 0 amide bonds. The Balaban J connectivity index is 1.90. The number of hydrogen-bond acceptors (Lipinski definition) is 5. The third-order valence-electron chi connectivity index (χ3n) is 4.19. The van der Waals surface area contributed by atoms with Gasteiger partial charge in [-0.1, -0.05) is 6.08 Å². The third kappa shape index (κ3) is 4.32. The van der Waals surface area contributed by atoms with Crippen LogP contribution < -0.4 is 0 Å². The second-order valence-corrected chi connectivity index (χ2v) is 5.50. The van der Waals surface area contributed by atoms with Crippen LogP contribution in [0.2, 0.25) is 0 Å². The standard InChI is InChI=1S/C16H24O5/c1-18-13-9-12(21-16(17)10-13)6-4-11-5-7-14(19-2)15(8-11)20-3/h4,6,10-12,14-15H,5,7-9H2,1-3H3/b6-4+. The Hall–Kier alpha value is -1.33. The lowest BCUT2D eigenvalue weighted by atomic mass is 9.84. The highest BCUT2D eigenvalue weighted by atomic mass is 16.6. The van der Waals surface area contributed by atoms with Crippen LogP contribution in [0.25, 0.3) is 0 Å². The van der Waals surface area contributed by atoms with Crippen LogP contribution in [-0.4, -0.2) is 45.6 Å². The molecule has 1 fully saturated rings. The minimum Gasteiger partial charge on any atom is -0.501 e. The maximum atomic E-state index is 11.4. The van der Waals surface area contributed by atoms with E-state index in [2.05, 4.69) is 6.08 Å². The average Bonchev–Trinajstić information content (AvgIpc) is 2.52. The van der Waals surface area contributed by atoms with Crippen molar-refractivity contribution in [2.45, 2.75) is 44.0 Å². The Morgan fingerprint density at radius 2 is 1.90 bits per heavy atom. The summed E-state index contributed by atoms with van der Waals surface area (Å²) in [5, 5.41) is 0. The lowest BCUT2D eigenvalue weighted by Crippen LogP contribution is -2.36. The zero-order valence-corrected chi connectivity index (χ0v) is 12.9. The normalized spacial score (nSPS) is 33.7. The van der Waals surface area contributed by atoms with Gasteiger partial charge in [0.15, 0.2) is 0 Å². The molecule has 1 saturated carbocycles. The number of esters is 1. The molecule has 0 spiro atoms. The van der Waals surface area contributed by atoms with Crippen LogP contribution in [0, 0.1) is 5.92 Å². The summed E-state index contributed by atoms with van der Waals surface area (Å²) in [6, 6.07) is 0. The maximum Gasteiger partial charge on any atom is 0.334 e. The lowest BCUT2D eigenvalue weighted by Gasteiger charge is -2.33. The first kappa shape index (κ1) is 16.0. The van der Waals surface area contributed by atoms with Gasteiger partial charge in [0.2, 0.25) is 0 Å². The number of rotatable bonds is 5. The molecule has 1 aliphatic carbocycles. The fourth-order valence-corrected chi connectivity index (χ4v) is 2.97. The van der Waals surface area contributed by atoms with E-state index in [4.69, 9.17) is 18.9 Å². The van der Waals surface area contributed by atoms with Crippen molar-refractivity contribution in [2.24, 2.45) is 5.92 Å². The van der Waals surface area contributed by atoms with Gasteiger partial charge in [0.25, 0.3) is 0 Å². The third-order valence-corrected chi connectivity index (χ3v) is 4.19. The van der Waals surface area contributed by atoms with Gasteiger partial charge in [0, 0.05) is 20.6 Å². The summed E-state index contributed by atoms with van der Waals surface area (Å²) in [7, 11) is 5.02. The molecule has 0 bridgehead atoms. The van der Waals surface area contributed by atoms with E-state index in [0.29, 0.717) is 18.1 Å². The zero-order chi connectivity index (χ0) is 15.2. The Morgan fingerprint density at radius 1 is 1.14 bits per heavy atom. The minimum absolute atomic E-state index is 0.127. The van der Waals surface area contributed by atoms with Gasteiger partial charge in [0.05, 0.1) is 25.4 Å². The molecule has 0 saturated heterocycles. The fraction of sp³-hybridized carbons (Fsp3) is 0.688. The van der Waals surface area contributed by atoms with Gasteiger partial charge < -0.3 is 18.9 Å². The van der Waals surface area contributed by atoms with E-state index >= 15 is 0 Å². The highest BCUT2D eigenvalue weighted by Gasteiger charge is 2.29. The maximum absolute atomic E-state index is 11.4. The zero-order valence-electron chi connectivity index (χ0n) is 12.9. The fourth-order valence-electron chi connectivity index (χ4n) is 2.97. The molecule has 4 atom stereocenters. The SMILES string of the molecule is COC1=CC(=O)OC(/C=C/C2CCC(OC)C(OC)C2)C1. The molecule has 118 valence electrons. The second-order valence-electron chi connectivity index (χ2n) is 5.50. The molecule has 21 heavy (non-hydrogen) atoms. The quantitative estimate of drug-likeness (QED) is 0.575. The molecule has 1 aliphatic heterocycles. The van der Waals surface area contributed by atoms with Crippen LogP contribution in [0.5, 0.6) is 0 Å². The Morgan fingerprint density at radius 3 is 2.57 bits per heavy atom. The largest absolute Gasteiger partial charge is 0.501 e. The van der Waals surface area contributed by atoms with Crippen molar-refractivity contribution >= 4 is 5.97 Å². The van der Waals surface area contributed by atoms with Gasteiger partial charge in [-0.05, 0) is 31.3 Å². The summed E-state index contributed by atoms with van der Waals surface area (Å²) in [5.74, 6) is 0.751. The van der Waals surface area contributed by atoms with Crippen LogP contribution in [-0.2, 0) is 23.7 Å². The molecule has 4 unspecified atom stereocenters. The molecule has 2 rings (SSSR count). The van der Waals surface area contributed by atoms with Crippen LogP contribution in [0.4, 0.5) is 0 Å². The van der Waals surface area contributed by atoms with Gasteiger partial charge in [-0.15, -0.1) is 0 Å². The van der Waals surface area contributed by atoms with Crippen molar-refractivity contribution in [1.82, 2.24) is 0 Å². The number of ether oxygens (including phenoxy) is 4. The Bertz CT molecular complexity index is 415. The van der Waals surface area contributed by atoms with Crippen LogP contribution in [0.15, 0.2) is 24.0 Å². The lowest BCUT2D eigenvalue weighted by molar-refractivity contribution is -0.142. The number of methoxy groups -OCH3 is 3. The van der Waals surface area contributed by atoms with Crippen LogP contribution >= 0.6 is 0 Å². The summed E-state index contributed by atoms with van der Waals surface area (Å²) in [5.41, 5.74) is 0. The first-order valence-corrected chi connectivity index (χ1v) is 7.35. The molecular weight excluding hydrogens is 272 g/mol. The smallest absolute Gasteiger partial charge is 0.334 e. The van der Waals surface area contributed by atoms with Crippen molar-refractivity contribution in [3.63, 3.8) is 0 Å². The molecule has 5 heteroatoms. The number of allylic oxidation sites excluding steroid dienone is 1. The first-order chi connectivity index (χ1) is 10.2. The minimum atomic E-state index is -0.342.